The van der Waals surface area contributed by atoms with Crippen LogP contribution in [0.3, 0.4) is 0 Å². The van der Waals surface area contributed by atoms with Crippen molar-refractivity contribution in [2.75, 3.05) is 7.11 Å². The lowest BCUT2D eigenvalue weighted by Crippen LogP contribution is -2.20. The monoisotopic (exact) mass is 569 g/mol. The number of para-hydroxylation sites is 1. The Balaban J connectivity index is 1.97. The number of fused-ring (bicyclic) bond motifs is 1. The third-order valence-electron chi connectivity index (χ3n) is 4.54. The number of methoxy groups -OCH3 is 1. The van der Waals surface area contributed by atoms with Crippen molar-refractivity contribution in [3.63, 3.8) is 0 Å². The molecular formula is C20H17I2N3O. The van der Waals surface area contributed by atoms with Crippen LogP contribution in [0.1, 0.15) is 17.0 Å². The predicted molar refractivity (Wildman–Crippen MR) is 121 cm³/mol. The normalized spacial score (nSPS) is 16.0. The summed E-state index contributed by atoms with van der Waals surface area (Å²) < 4.78 is 8.01. The van der Waals surface area contributed by atoms with E-state index in [-0.39, 0.29) is 0 Å². The first-order valence-electron chi connectivity index (χ1n) is 8.17. The van der Waals surface area contributed by atoms with Crippen LogP contribution in [0.5, 0.6) is 5.75 Å². The topological polar surface area (TPSA) is 53.2 Å². The van der Waals surface area contributed by atoms with Gasteiger partial charge in [-0.2, -0.15) is 0 Å². The second-order valence-electron chi connectivity index (χ2n) is 6.20. The molecule has 4 rings (SSSR count). The molecule has 0 saturated heterocycles. The number of ether oxygens (including phenoxy) is 1. The Morgan fingerprint density at radius 1 is 1.12 bits per heavy atom. The maximum atomic E-state index is 5.60. The number of nitrogens with zero attached hydrogens (tertiary/aromatic N) is 1. The summed E-state index contributed by atoms with van der Waals surface area (Å²) in [5.74, 6) is 0.810. The second kappa shape index (κ2) is 6.88. The lowest BCUT2D eigenvalue weighted by Gasteiger charge is -1.94. The van der Waals surface area contributed by atoms with Crippen molar-refractivity contribution in [3.05, 3.63) is 72.1 Å². The number of H-pyrrole nitrogens is 2. The van der Waals surface area contributed by atoms with Crippen molar-refractivity contribution in [1.82, 2.24) is 9.97 Å². The number of aromatic amines is 2. The minimum atomic E-state index is 0.810. The first kappa shape index (κ1) is 17.8. The molecule has 0 unspecified atom stereocenters. The Labute approximate surface area is 178 Å². The summed E-state index contributed by atoms with van der Waals surface area (Å²) in [6.07, 6.45) is 2.10. The Kier molecular flexibility index (Phi) is 4.72. The molecule has 1 aliphatic heterocycles. The van der Waals surface area contributed by atoms with Gasteiger partial charge in [0.1, 0.15) is 11.4 Å². The molecule has 0 spiro atoms. The SMILES string of the molecule is COc1cc(=C2N=c3ccccc3=C2I)[nH]/c1=C\c1[nH]c(C)c(I)c1C. The highest BCUT2D eigenvalue weighted by atomic mass is 127. The van der Waals surface area contributed by atoms with E-state index >= 15 is 0 Å². The number of aromatic nitrogens is 2. The smallest absolute Gasteiger partial charge is 0.144 e. The van der Waals surface area contributed by atoms with Crippen LogP contribution in [-0.2, 0) is 0 Å². The van der Waals surface area contributed by atoms with Crippen LogP contribution < -0.4 is 26.0 Å². The molecule has 26 heavy (non-hydrogen) atoms. The van der Waals surface area contributed by atoms with Crippen LogP contribution in [0.2, 0.25) is 0 Å². The van der Waals surface area contributed by atoms with Gasteiger partial charge in [0.15, 0.2) is 0 Å². The first-order valence-corrected chi connectivity index (χ1v) is 10.3. The van der Waals surface area contributed by atoms with Gasteiger partial charge in [-0.25, -0.2) is 4.99 Å². The van der Waals surface area contributed by atoms with Gasteiger partial charge in [-0.15, -0.1) is 0 Å². The van der Waals surface area contributed by atoms with E-state index in [0.717, 1.165) is 36.8 Å². The molecule has 6 heteroatoms. The van der Waals surface area contributed by atoms with Crippen LogP contribution in [0.25, 0.3) is 15.4 Å². The van der Waals surface area contributed by atoms with Gasteiger partial charge in [0.05, 0.1) is 26.7 Å². The molecule has 0 atom stereocenters. The maximum absolute atomic E-state index is 5.60. The molecule has 3 heterocycles. The van der Waals surface area contributed by atoms with Crippen LogP contribution in [-0.4, -0.2) is 17.1 Å². The van der Waals surface area contributed by atoms with E-state index in [2.05, 4.69) is 81.1 Å². The van der Waals surface area contributed by atoms with Gasteiger partial charge >= 0.3 is 0 Å². The molecule has 2 aromatic heterocycles. The molecule has 0 saturated carbocycles. The average molecular weight is 569 g/mol. The highest BCUT2D eigenvalue weighted by molar-refractivity contribution is 14.1. The minimum absolute atomic E-state index is 0.810. The molecule has 0 fully saturated rings. The molecule has 0 radical (unpaired) electrons. The van der Waals surface area contributed by atoms with E-state index in [1.807, 2.05) is 24.3 Å². The maximum Gasteiger partial charge on any atom is 0.144 e. The van der Waals surface area contributed by atoms with Crippen LogP contribution in [0.15, 0.2) is 35.3 Å². The van der Waals surface area contributed by atoms with Gasteiger partial charge in [-0.05, 0) is 76.7 Å². The van der Waals surface area contributed by atoms with E-state index in [0.29, 0.717) is 0 Å². The summed E-state index contributed by atoms with van der Waals surface area (Å²) in [5.41, 5.74) is 4.47. The zero-order valence-electron chi connectivity index (χ0n) is 14.6. The largest absolute Gasteiger partial charge is 0.494 e. The molecule has 2 N–H and O–H groups in total. The summed E-state index contributed by atoms with van der Waals surface area (Å²) in [7, 11) is 1.70. The molecule has 0 aliphatic carbocycles. The van der Waals surface area contributed by atoms with E-state index in [1.165, 1.54) is 20.0 Å². The fraction of sp³-hybridized carbons (Fsp3) is 0.150. The van der Waals surface area contributed by atoms with Crippen molar-refractivity contribution >= 4 is 60.5 Å². The molecule has 3 aromatic rings. The van der Waals surface area contributed by atoms with Crippen molar-refractivity contribution in [2.45, 2.75) is 13.8 Å². The van der Waals surface area contributed by atoms with Gasteiger partial charge in [-0.1, -0.05) is 18.2 Å². The van der Waals surface area contributed by atoms with Gasteiger partial charge in [0.25, 0.3) is 0 Å². The predicted octanol–water partition coefficient (Wildman–Crippen LogP) is 2.39. The molecule has 1 aliphatic rings. The number of halogens is 2. The zero-order valence-corrected chi connectivity index (χ0v) is 18.9. The van der Waals surface area contributed by atoms with Crippen molar-refractivity contribution in [1.29, 1.82) is 0 Å². The lowest BCUT2D eigenvalue weighted by atomic mass is 10.2. The Bertz CT molecular complexity index is 1270. The van der Waals surface area contributed by atoms with Crippen LogP contribution in [0.4, 0.5) is 0 Å². The Morgan fingerprint density at radius 3 is 2.54 bits per heavy atom. The molecular weight excluding hydrogens is 552 g/mol. The highest BCUT2D eigenvalue weighted by Gasteiger charge is 2.13. The summed E-state index contributed by atoms with van der Waals surface area (Å²) in [6.45, 7) is 4.22. The van der Waals surface area contributed by atoms with Crippen LogP contribution in [0, 0.1) is 17.4 Å². The van der Waals surface area contributed by atoms with Crippen molar-refractivity contribution in [2.24, 2.45) is 4.99 Å². The quantitative estimate of drug-likeness (QED) is 0.458. The van der Waals surface area contributed by atoms with E-state index in [1.54, 1.807) is 7.11 Å². The number of hydrogen-bond acceptors (Lipinski definition) is 2. The average Bonchev–Trinajstić information content (AvgIpc) is 3.27. The number of benzene rings is 1. The standard InChI is InChI=1S/C20H17I2N3O/c1-10-14(23-11(2)18(10)21)8-15-17(26-3)9-16(24-15)20-19(22)12-6-4-5-7-13(12)25-20/h4-9,23-24H,1-3H3/b15-8-,20-16?. The first-order chi connectivity index (χ1) is 12.5. The van der Waals surface area contributed by atoms with Gasteiger partial charge in [0, 0.05) is 26.2 Å². The summed E-state index contributed by atoms with van der Waals surface area (Å²) >= 11 is 4.74. The zero-order chi connectivity index (χ0) is 18.4. The third kappa shape index (κ3) is 2.92. The van der Waals surface area contributed by atoms with E-state index in [9.17, 15) is 0 Å². The fourth-order valence-corrected chi connectivity index (χ4v) is 4.42. The molecule has 4 nitrogen and oxygen atoms in total. The van der Waals surface area contributed by atoms with Gasteiger partial charge < -0.3 is 14.7 Å². The number of nitrogens with one attached hydrogen (secondary N) is 2. The summed E-state index contributed by atoms with van der Waals surface area (Å²) in [6, 6.07) is 10.2. The van der Waals surface area contributed by atoms with E-state index < -0.39 is 0 Å². The molecule has 0 amide bonds. The molecule has 1 aromatic carbocycles. The summed E-state index contributed by atoms with van der Waals surface area (Å²) in [5, 5.41) is 4.08. The van der Waals surface area contributed by atoms with Gasteiger partial charge in [0.2, 0.25) is 0 Å². The minimum Gasteiger partial charge on any atom is -0.494 e. The summed E-state index contributed by atoms with van der Waals surface area (Å²) in [4.78, 5) is 11.7. The Hall–Kier alpha value is -1.55. The highest BCUT2D eigenvalue weighted by Crippen LogP contribution is 2.22. The van der Waals surface area contributed by atoms with Crippen molar-refractivity contribution < 1.29 is 4.74 Å². The number of rotatable bonds is 2. The number of aryl methyl sites for hydroxylation is 1. The fourth-order valence-electron chi connectivity index (χ4n) is 3.13. The molecule has 0 bridgehead atoms. The van der Waals surface area contributed by atoms with E-state index in [4.69, 9.17) is 9.73 Å². The molecule has 132 valence electrons. The van der Waals surface area contributed by atoms with Crippen molar-refractivity contribution in [3.8, 4) is 5.75 Å². The lowest BCUT2D eigenvalue weighted by molar-refractivity contribution is 0.412. The van der Waals surface area contributed by atoms with Gasteiger partial charge in [-0.3, -0.25) is 0 Å². The Morgan fingerprint density at radius 2 is 1.88 bits per heavy atom. The third-order valence-corrected chi connectivity index (χ3v) is 7.25. The van der Waals surface area contributed by atoms with Crippen LogP contribution >= 0.6 is 45.2 Å². The second-order valence-corrected chi connectivity index (χ2v) is 8.36. The number of hydrogen-bond donors (Lipinski definition) is 2.